The number of nitrogens with two attached hydrogens (primary N) is 1. The molecule has 2 heterocycles. The van der Waals surface area contributed by atoms with Crippen molar-refractivity contribution in [3.63, 3.8) is 0 Å². The molecule has 2 aliphatic heterocycles. The molecule has 2 aliphatic rings. The molecule has 0 saturated carbocycles. The van der Waals surface area contributed by atoms with Gasteiger partial charge >= 0.3 is 0 Å². The molecule has 2 rings (SSSR count). The van der Waals surface area contributed by atoms with Gasteiger partial charge in [-0.1, -0.05) is 0 Å². The number of likely N-dealkylation sites (tertiary alicyclic amines) is 1. The number of primary amides is 1. The highest BCUT2D eigenvalue weighted by Crippen LogP contribution is 2.35. The Hall–Kier alpha value is -0.610. The van der Waals surface area contributed by atoms with Gasteiger partial charge in [0, 0.05) is 13.1 Å². The van der Waals surface area contributed by atoms with Gasteiger partial charge in [-0.2, -0.15) is 0 Å². The summed E-state index contributed by atoms with van der Waals surface area (Å²) in [5.41, 5.74) is 5.67. The molecule has 4 heteroatoms. The summed E-state index contributed by atoms with van der Waals surface area (Å²) in [5, 5.41) is 3.48. The number of carbonyl (C=O) groups is 1. The summed E-state index contributed by atoms with van der Waals surface area (Å²) < 4.78 is 0. The molecule has 2 saturated heterocycles. The van der Waals surface area contributed by atoms with E-state index in [0.29, 0.717) is 12.0 Å². The molecular formula is C11H21N3O. The number of amides is 1. The Morgan fingerprint density at radius 3 is 2.87 bits per heavy atom. The third kappa shape index (κ3) is 2.69. The Kier molecular flexibility index (Phi) is 3.26. The number of carbonyl (C=O) groups excluding carboxylic acids is 1. The van der Waals surface area contributed by atoms with Gasteiger partial charge in [0.2, 0.25) is 5.91 Å². The molecule has 0 aromatic rings. The SMILES string of the molecule is NC(=O)CN1CCCC2(CCCNC2)C1. The van der Waals surface area contributed by atoms with Gasteiger partial charge in [-0.3, -0.25) is 9.69 Å². The van der Waals surface area contributed by atoms with Crippen molar-refractivity contribution in [2.45, 2.75) is 25.7 Å². The van der Waals surface area contributed by atoms with Crippen LogP contribution >= 0.6 is 0 Å². The minimum atomic E-state index is -0.198. The van der Waals surface area contributed by atoms with E-state index in [0.717, 1.165) is 26.2 Å². The van der Waals surface area contributed by atoms with Gasteiger partial charge in [0.05, 0.1) is 6.54 Å². The van der Waals surface area contributed by atoms with Gasteiger partial charge in [-0.15, -0.1) is 0 Å². The number of hydrogen-bond acceptors (Lipinski definition) is 3. The lowest BCUT2D eigenvalue weighted by atomic mass is 9.74. The fourth-order valence-electron chi connectivity index (χ4n) is 3.04. The number of hydrogen-bond donors (Lipinski definition) is 2. The van der Waals surface area contributed by atoms with Crippen molar-refractivity contribution < 1.29 is 4.79 Å². The molecule has 3 N–H and O–H groups in total. The van der Waals surface area contributed by atoms with E-state index in [4.69, 9.17) is 5.73 Å². The third-order valence-electron chi connectivity index (χ3n) is 3.68. The van der Waals surface area contributed by atoms with Crippen LogP contribution in [0.2, 0.25) is 0 Å². The van der Waals surface area contributed by atoms with E-state index in [1.54, 1.807) is 0 Å². The topological polar surface area (TPSA) is 58.4 Å². The first-order valence-corrected chi connectivity index (χ1v) is 5.92. The minimum Gasteiger partial charge on any atom is -0.369 e. The molecule has 86 valence electrons. The van der Waals surface area contributed by atoms with Gasteiger partial charge in [0.1, 0.15) is 0 Å². The van der Waals surface area contributed by atoms with Crippen molar-refractivity contribution >= 4 is 5.91 Å². The van der Waals surface area contributed by atoms with Gasteiger partial charge in [0.25, 0.3) is 0 Å². The second-order valence-corrected chi connectivity index (χ2v) is 5.06. The van der Waals surface area contributed by atoms with Crippen molar-refractivity contribution in [3.8, 4) is 0 Å². The van der Waals surface area contributed by atoms with Crippen LogP contribution in [0.25, 0.3) is 0 Å². The number of piperidine rings is 2. The van der Waals surface area contributed by atoms with Gasteiger partial charge in [-0.05, 0) is 44.2 Å². The molecule has 0 bridgehead atoms. The Balaban J connectivity index is 1.93. The van der Waals surface area contributed by atoms with Crippen LogP contribution in [0.5, 0.6) is 0 Å². The van der Waals surface area contributed by atoms with Crippen molar-refractivity contribution in [1.82, 2.24) is 10.2 Å². The van der Waals surface area contributed by atoms with Crippen molar-refractivity contribution in [2.24, 2.45) is 11.1 Å². The Labute approximate surface area is 91.2 Å². The highest BCUT2D eigenvalue weighted by atomic mass is 16.1. The summed E-state index contributed by atoms with van der Waals surface area (Å²) in [6, 6.07) is 0. The molecule has 2 fully saturated rings. The van der Waals surface area contributed by atoms with E-state index in [2.05, 4.69) is 10.2 Å². The van der Waals surface area contributed by atoms with E-state index in [1.807, 2.05) is 0 Å². The van der Waals surface area contributed by atoms with Crippen LogP contribution in [0.15, 0.2) is 0 Å². The standard InChI is InChI=1S/C11H21N3O/c12-10(15)7-14-6-2-4-11(9-14)3-1-5-13-8-11/h13H,1-9H2,(H2,12,15). The fourth-order valence-corrected chi connectivity index (χ4v) is 3.04. The summed E-state index contributed by atoms with van der Waals surface area (Å²) in [7, 11) is 0. The maximum atomic E-state index is 10.9. The maximum absolute atomic E-state index is 10.9. The smallest absolute Gasteiger partial charge is 0.231 e. The largest absolute Gasteiger partial charge is 0.369 e. The number of rotatable bonds is 2. The first-order valence-electron chi connectivity index (χ1n) is 5.92. The summed E-state index contributed by atoms with van der Waals surface area (Å²) in [6.45, 7) is 4.77. The van der Waals surface area contributed by atoms with Crippen LogP contribution < -0.4 is 11.1 Å². The lowest BCUT2D eigenvalue weighted by Crippen LogP contribution is -2.52. The molecular weight excluding hydrogens is 190 g/mol. The van der Waals surface area contributed by atoms with Crippen LogP contribution in [-0.4, -0.2) is 43.5 Å². The third-order valence-corrected chi connectivity index (χ3v) is 3.68. The van der Waals surface area contributed by atoms with Crippen LogP contribution in [0.3, 0.4) is 0 Å². The highest BCUT2D eigenvalue weighted by Gasteiger charge is 2.36. The van der Waals surface area contributed by atoms with E-state index >= 15 is 0 Å². The lowest BCUT2D eigenvalue weighted by molar-refractivity contribution is -0.120. The van der Waals surface area contributed by atoms with E-state index in [9.17, 15) is 4.79 Å². The molecule has 0 aromatic carbocycles. The second-order valence-electron chi connectivity index (χ2n) is 5.06. The molecule has 0 aliphatic carbocycles. The van der Waals surface area contributed by atoms with Crippen LogP contribution in [-0.2, 0) is 4.79 Å². The summed E-state index contributed by atoms with van der Waals surface area (Å²) >= 11 is 0. The Morgan fingerprint density at radius 2 is 2.20 bits per heavy atom. The maximum Gasteiger partial charge on any atom is 0.231 e. The Bertz CT molecular complexity index is 230. The molecule has 1 amide bonds. The summed E-state index contributed by atoms with van der Waals surface area (Å²) in [6.07, 6.45) is 5.07. The second kappa shape index (κ2) is 4.49. The van der Waals surface area contributed by atoms with Crippen molar-refractivity contribution in [3.05, 3.63) is 0 Å². The molecule has 0 aromatic heterocycles. The highest BCUT2D eigenvalue weighted by molar-refractivity contribution is 5.75. The van der Waals surface area contributed by atoms with Crippen LogP contribution in [0, 0.1) is 5.41 Å². The van der Waals surface area contributed by atoms with Crippen molar-refractivity contribution in [2.75, 3.05) is 32.7 Å². The zero-order valence-corrected chi connectivity index (χ0v) is 9.30. The van der Waals surface area contributed by atoms with E-state index in [-0.39, 0.29) is 5.91 Å². The van der Waals surface area contributed by atoms with E-state index in [1.165, 1.54) is 25.7 Å². The monoisotopic (exact) mass is 211 g/mol. The predicted molar refractivity (Wildman–Crippen MR) is 59.4 cm³/mol. The minimum absolute atomic E-state index is 0.198. The molecule has 1 atom stereocenters. The molecule has 4 nitrogen and oxygen atoms in total. The lowest BCUT2D eigenvalue weighted by Gasteiger charge is -2.45. The van der Waals surface area contributed by atoms with Gasteiger partial charge in [-0.25, -0.2) is 0 Å². The number of nitrogens with zero attached hydrogens (tertiary/aromatic N) is 1. The molecule has 0 radical (unpaired) electrons. The quantitative estimate of drug-likeness (QED) is 0.672. The summed E-state index contributed by atoms with van der Waals surface area (Å²) in [4.78, 5) is 13.1. The van der Waals surface area contributed by atoms with Crippen LogP contribution in [0.4, 0.5) is 0 Å². The first kappa shape index (κ1) is 10.9. The average Bonchev–Trinajstić information content (AvgIpc) is 2.17. The first-order chi connectivity index (χ1) is 7.20. The zero-order chi connectivity index (χ0) is 10.7. The van der Waals surface area contributed by atoms with Gasteiger partial charge < -0.3 is 11.1 Å². The number of nitrogens with one attached hydrogen (secondary N) is 1. The normalized spacial score (nSPS) is 33.1. The predicted octanol–water partition coefficient (Wildman–Crippen LogP) is -0.0627. The van der Waals surface area contributed by atoms with E-state index < -0.39 is 0 Å². The average molecular weight is 211 g/mol. The zero-order valence-electron chi connectivity index (χ0n) is 9.30. The van der Waals surface area contributed by atoms with Crippen LogP contribution in [0.1, 0.15) is 25.7 Å². The summed E-state index contributed by atoms with van der Waals surface area (Å²) in [5.74, 6) is -0.198. The van der Waals surface area contributed by atoms with Gasteiger partial charge in [0.15, 0.2) is 0 Å². The van der Waals surface area contributed by atoms with Crippen molar-refractivity contribution in [1.29, 1.82) is 0 Å². The fraction of sp³-hybridized carbons (Fsp3) is 0.909. The Morgan fingerprint density at radius 1 is 1.40 bits per heavy atom. The molecule has 1 unspecified atom stereocenters. The molecule has 15 heavy (non-hydrogen) atoms. The molecule has 1 spiro atoms.